The Morgan fingerprint density at radius 3 is 2.65 bits per heavy atom. The molecule has 0 heterocycles. The van der Waals surface area contributed by atoms with Crippen molar-refractivity contribution in [3.05, 3.63) is 29.8 Å². The third kappa shape index (κ3) is 7.34. The van der Waals surface area contributed by atoms with Gasteiger partial charge < -0.3 is 14.7 Å². The molecule has 0 aromatic heterocycles. The zero-order valence-corrected chi connectivity index (χ0v) is 14.6. The van der Waals surface area contributed by atoms with Gasteiger partial charge in [0.05, 0.1) is 13.7 Å². The Bertz CT molecular complexity index is 511. The number of methoxy groups -OCH3 is 1. The Hall–Kier alpha value is -1.79. The molecule has 0 bridgehead atoms. The lowest BCUT2D eigenvalue weighted by Crippen LogP contribution is -2.43. The fourth-order valence-corrected chi connectivity index (χ4v) is 2.08. The van der Waals surface area contributed by atoms with Crippen LogP contribution in [0.25, 0.3) is 0 Å². The Morgan fingerprint density at radius 2 is 2.09 bits per heavy atom. The number of nitrogens with one attached hydrogen (secondary N) is 1. The second-order valence-electron chi connectivity index (χ2n) is 5.16. The van der Waals surface area contributed by atoms with Crippen molar-refractivity contribution in [2.75, 3.05) is 20.7 Å². The summed E-state index contributed by atoms with van der Waals surface area (Å²) in [6.45, 7) is 2.37. The molecule has 0 fully saturated rings. The maximum atomic E-state index is 12.1. The smallest absolute Gasteiger partial charge is 0.320 e. The van der Waals surface area contributed by atoms with Gasteiger partial charge in [-0.3, -0.25) is 14.9 Å². The average Bonchev–Trinajstić information content (AvgIpc) is 2.50. The SMILES string of the molecule is CCCC(NCC(=O)N(C)Cc1cccc(OC)c1)C(=O)O.Cl. The normalized spacial score (nSPS) is 11.3. The van der Waals surface area contributed by atoms with E-state index >= 15 is 0 Å². The quantitative estimate of drug-likeness (QED) is 0.715. The number of ether oxygens (including phenoxy) is 1. The van der Waals surface area contributed by atoms with Crippen LogP contribution < -0.4 is 10.1 Å². The highest BCUT2D eigenvalue weighted by atomic mass is 35.5. The first-order valence-electron chi connectivity index (χ1n) is 7.31. The van der Waals surface area contributed by atoms with Crippen LogP contribution in [-0.4, -0.2) is 48.6 Å². The second kappa shape index (κ2) is 10.9. The number of likely N-dealkylation sites (N-methyl/N-ethyl adjacent to an activating group) is 1. The number of carboxylic acids is 1. The first-order valence-corrected chi connectivity index (χ1v) is 7.31. The van der Waals surface area contributed by atoms with Gasteiger partial charge in [0.2, 0.25) is 5.91 Å². The molecule has 1 amide bonds. The molecule has 0 saturated heterocycles. The molecule has 1 unspecified atom stereocenters. The predicted molar refractivity (Wildman–Crippen MR) is 91.1 cm³/mol. The van der Waals surface area contributed by atoms with E-state index in [1.54, 1.807) is 19.1 Å². The van der Waals surface area contributed by atoms with Crippen molar-refractivity contribution in [1.82, 2.24) is 10.2 Å². The van der Waals surface area contributed by atoms with Crippen molar-refractivity contribution in [1.29, 1.82) is 0 Å². The zero-order valence-electron chi connectivity index (χ0n) is 13.7. The molecular weight excluding hydrogens is 320 g/mol. The van der Waals surface area contributed by atoms with Gasteiger partial charge in [-0.1, -0.05) is 25.5 Å². The highest BCUT2D eigenvalue weighted by molar-refractivity contribution is 5.85. The fraction of sp³-hybridized carbons (Fsp3) is 0.500. The summed E-state index contributed by atoms with van der Waals surface area (Å²) < 4.78 is 5.15. The van der Waals surface area contributed by atoms with Crippen molar-refractivity contribution in [2.24, 2.45) is 0 Å². The lowest BCUT2D eigenvalue weighted by Gasteiger charge is -2.20. The van der Waals surface area contributed by atoms with E-state index < -0.39 is 12.0 Å². The Balaban J connectivity index is 0.00000484. The third-order valence-electron chi connectivity index (χ3n) is 3.35. The summed E-state index contributed by atoms with van der Waals surface area (Å²) in [4.78, 5) is 24.7. The zero-order chi connectivity index (χ0) is 16.5. The van der Waals surface area contributed by atoms with Gasteiger partial charge >= 0.3 is 5.97 Å². The molecule has 0 aliphatic heterocycles. The minimum atomic E-state index is -0.926. The van der Waals surface area contributed by atoms with Gasteiger partial charge in [-0.2, -0.15) is 0 Å². The number of halogens is 1. The van der Waals surface area contributed by atoms with Gasteiger partial charge in [0.25, 0.3) is 0 Å². The molecule has 0 aliphatic carbocycles. The number of rotatable bonds is 9. The van der Waals surface area contributed by atoms with Crippen LogP contribution in [0.2, 0.25) is 0 Å². The van der Waals surface area contributed by atoms with E-state index in [-0.39, 0.29) is 24.9 Å². The van der Waals surface area contributed by atoms with Gasteiger partial charge in [0.15, 0.2) is 0 Å². The summed E-state index contributed by atoms with van der Waals surface area (Å²) in [5.41, 5.74) is 0.957. The molecule has 0 saturated carbocycles. The highest BCUT2D eigenvalue weighted by Crippen LogP contribution is 2.13. The van der Waals surface area contributed by atoms with Gasteiger partial charge in [-0.05, 0) is 24.1 Å². The molecule has 1 aromatic rings. The van der Waals surface area contributed by atoms with Crippen LogP contribution in [0.1, 0.15) is 25.3 Å². The Kier molecular flexibility index (Phi) is 10.0. The van der Waals surface area contributed by atoms with Crippen molar-refractivity contribution in [2.45, 2.75) is 32.4 Å². The Labute approximate surface area is 143 Å². The van der Waals surface area contributed by atoms with E-state index in [0.29, 0.717) is 13.0 Å². The van der Waals surface area contributed by atoms with Crippen LogP contribution in [0.3, 0.4) is 0 Å². The summed E-state index contributed by atoms with van der Waals surface area (Å²) in [5, 5.41) is 11.8. The summed E-state index contributed by atoms with van der Waals surface area (Å²) in [6, 6.07) is 6.81. The van der Waals surface area contributed by atoms with Crippen molar-refractivity contribution >= 4 is 24.3 Å². The predicted octanol–water partition coefficient (Wildman–Crippen LogP) is 1.92. The first kappa shape index (κ1) is 21.2. The number of benzene rings is 1. The molecule has 0 radical (unpaired) electrons. The van der Waals surface area contributed by atoms with Gasteiger partial charge in [-0.15, -0.1) is 12.4 Å². The van der Waals surface area contributed by atoms with Crippen LogP contribution in [0.15, 0.2) is 24.3 Å². The fourth-order valence-electron chi connectivity index (χ4n) is 2.08. The molecule has 1 aromatic carbocycles. The number of amides is 1. The standard InChI is InChI=1S/C16H24N2O4.ClH/c1-4-6-14(16(20)21)17-10-15(19)18(2)11-12-7-5-8-13(9-12)22-3;/h5,7-9,14,17H,4,6,10-11H2,1-3H3,(H,20,21);1H. The minimum absolute atomic E-state index is 0. The molecule has 1 atom stereocenters. The molecule has 23 heavy (non-hydrogen) atoms. The molecule has 130 valence electrons. The monoisotopic (exact) mass is 344 g/mol. The van der Waals surface area contributed by atoms with Crippen LogP contribution in [-0.2, 0) is 16.1 Å². The maximum absolute atomic E-state index is 12.1. The van der Waals surface area contributed by atoms with E-state index in [1.165, 1.54) is 0 Å². The van der Waals surface area contributed by atoms with Gasteiger partial charge in [0, 0.05) is 13.6 Å². The van der Waals surface area contributed by atoms with E-state index in [1.807, 2.05) is 31.2 Å². The number of hydrogen-bond acceptors (Lipinski definition) is 4. The van der Waals surface area contributed by atoms with Gasteiger partial charge in [0.1, 0.15) is 11.8 Å². The van der Waals surface area contributed by atoms with Crippen LogP contribution in [0.4, 0.5) is 0 Å². The highest BCUT2D eigenvalue weighted by Gasteiger charge is 2.18. The second-order valence-corrected chi connectivity index (χ2v) is 5.16. The molecule has 6 nitrogen and oxygen atoms in total. The van der Waals surface area contributed by atoms with Crippen molar-refractivity contribution in [3.8, 4) is 5.75 Å². The van der Waals surface area contributed by atoms with Gasteiger partial charge in [-0.25, -0.2) is 0 Å². The number of carbonyl (C=O) groups excluding carboxylic acids is 1. The van der Waals surface area contributed by atoms with Crippen molar-refractivity contribution < 1.29 is 19.4 Å². The largest absolute Gasteiger partial charge is 0.497 e. The topological polar surface area (TPSA) is 78.9 Å². The number of carbonyl (C=O) groups is 2. The summed E-state index contributed by atoms with van der Waals surface area (Å²) in [7, 11) is 3.29. The van der Waals surface area contributed by atoms with Crippen LogP contribution in [0, 0.1) is 0 Å². The van der Waals surface area contributed by atoms with Crippen LogP contribution >= 0.6 is 12.4 Å². The van der Waals surface area contributed by atoms with E-state index in [2.05, 4.69) is 5.32 Å². The molecule has 0 spiro atoms. The number of aliphatic carboxylic acids is 1. The molecular formula is C16H25ClN2O4. The lowest BCUT2D eigenvalue weighted by molar-refractivity contribution is -0.140. The molecule has 7 heteroatoms. The summed E-state index contributed by atoms with van der Waals surface area (Å²) in [5.74, 6) is -0.333. The Morgan fingerprint density at radius 1 is 1.39 bits per heavy atom. The first-order chi connectivity index (χ1) is 10.5. The maximum Gasteiger partial charge on any atom is 0.320 e. The van der Waals surface area contributed by atoms with Crippen molar-refractivity contribution in [3.63, 3.8) is 0 Å². The number of nitrogens with zero attached hydrogens (tertiary/aromatic N) is 1. The molecule has 1 rings (SSSR count). The number of carboxylic acid groups (broad SMARTS) is 1. The van der Waals surface area contributed by atoms with E-state index in [4.69, 9.17) is 9.84 Å². The van der Waals surface area contributed by atoms with Crippen LogP contribution in [0.5, 0.6) is 5.75 Å². The third-order valence-corrected chi connectivity index (χ3v) is 3.35. The van der Waals surface area contributed by atoms with E-state index in [9.17, 15) is 9.59 Å². The number of hydrogen-bond donors (Lipinski definition) is 2. The molecule has 0 aliphatic rings. The summed E-state index contributed by atoms with van der Waals surface area (Å²) >= 11 is 0. The van der Waals surface area contributed by atoms with E-state index in [0.717, 1.165) is 17.7 Å². The summed E-state index contributed by atoms with van der Waals surface area (Å²) in [6.07, 6.45) is 1.25. The minimum Gasteiger partial charge on any atom is -0.497 e. The lowest BCUT2D eigenvalue weighted by atomic mass is 10.1. The average molecular weight is 345 g/mol. The molecule has 2 N–H and O–H groups in total.